The summed E-state index contributed by atoms with van der Waals surface area (Å²) < 4.78 is 105. The summed E-state index contributed by atoms with van der Waals surface area (Å²) in [5.74, 6) is 0. The van der Waals surface area contributed by atoms with Crippen LogP contribution in [0.15, 0.2) is 8.26 Å². The van der Waals surface area contributed by atoms with E-state index in [1.54, 1.807) is 0 Å². The predicted molar refractivity (Wildman–Crippen MR) is 92.5 cm³/mol. The van der Waals surface area contributed by atoms with Gasteiger partial charge in [-0.3, -0.25) is 0 Å². The van der Waals surface area contributed by atoms with Crippen molar-refractivity contribution in [1.82, 2.24) is 30.6 Å². The second-order valence-corrected chi connectivity index (χ2v) is 9.06. The zero-order valence-corrected chi connectivity index (χ0v) is 22.1. The van der Waals surface area contributed by atoms with Crippen LogP contribution in [-0.4, -0.2) is 30.6 Å². The van der Waals surface area contributed by atoms with Crippen molar-refractivity contribution in [3.8, 4) is 0 Å². The molecule has 31 heavy (non-hydrogen) atoms. The fourth-order valence-corrected chi connectivity index (χ4v) is 3.17. The Bertz CT molecular complexity index is 819. The summed E-state index contributed by atoms with van der Waals surface area (Å²) in [5.41, 5.74) is 4.92. The number of halogens is 10. The van der Waals surface area contributed by atoms with Gasteiger partial charge in [0.1, 0.15) is 5.01 Å². The third-order valence-corrected chi connectivity index (χ3v) is 5.27. The zero-order chi connectivity index (χ0) is 23.3. The van der Waals surface area contributed by atoms with Crippen molar-refractivity contribution in [3.05, 3.63) is 18.9 Å². The van der Waals surface area contributed by atoms with Crippen LogP contribution in [0.2, 0.25) is 0 Å². The quantitative estimate of drug-likeness (QED) is 0.230. The molecule has 0 aliphatic carbocycles. The molecule has 3 heterocycles. The second kappa shape index (κ2) is 12.6. The Balaban J connectivity index is 0.000000429. The van der Waals surface area contributed by atoms with Crippen molar-refractivity contribution < 1.29 is 90.9 Å². The van der Waals surface area contributed by atoms with E-state index >= 15 is 0 Å². The van der Waals surface area contributed by atoms with E-state index < -0.39 is 33.6 Å². The molecule has 0 amide bonds. The molecule has 0 bridgehead atoms. The summed E-state index contributed by atoms with van der Waals surface area (Å²) in [4.78, 5) is 0. The molecule has 0 aliphatic heterocycles. The minimum absolute atomic E-state index is 0. The average molecular weight is 626 g/mol. The van der Waals surface area contributed by atoms with Crippen LogP contribution in [0.1, 0.15) is 15.0 Å². The van der Waals surface area contributed by atoms with Crippen LogP contribution in [0.5, 0.6) is 0 Å². The Morgan fingerprint density at radius 1 is 0.645 bits per heavy atom. The summed E-state index contributed by atoms with van der Waals surface area (Å²) in [5, 5.41) is 14.6. The third kappa shape index (κ3) is 11.7. The molecule has 0 fully saturated rings. The topological polar surface area (TPSA) is 103 Å². The van der Waals surface area contributed by atoms with Gasteiger partial charge in [0.05, 0.1) is 0 Å². The smallest absolute Gasteiger partial charge is 0.406 e. The predicted octanol–water partition coefficient (Wildman–Crippen LogP) is 1.93. The number of anilines is 1. The molecule has 2 N–H and O–H groups in total. The molecule has 22 heteroatoms. The van der Waals surface area contributed by atoms with Crippen molar-refractivity contribution in [2.24, 2.45) is 0 Å². The number of alkyl halides is 9. The number of nitrogens with two attached hydrogens (primary N) is 1. The van der Waals surface area contributed by atoms with Crippen molar-refractivity contribution in [2.75, 3.05) is 5.73 Å². The molecule has 7 nitrogen and oxygen atoms in total. The van der Waals surface area contributed by atoms with Gasteiger partial charge in [-0.05, 0) is 20.3 Å². The number of rotatable bonds is 0. The van der Waals surface area contributed by atoms with Crippen LogP contribution >= 0.6 is 49.9 Å². The first-order valence-corrected chi connectivity index (χ1v) is 9.95. The first-order chi connectivity index (χ1) is 13.5. The normalized spacial score (nSPS) is 11.5. The van der Waals surface area contributed by atoms with Crippen LogP contribution in [-0.2, 0) is 31.2 Å². The molecule has 3 rings (SSSR count). The number of nitrogen functional groups attached to an aromatic ring is 1. The maximum absolute atomic E-state index is 11.7. The Morgan fingerprint density at radius 2 is 1.03 bits per heavy atom. The van der Waals surface area contributed by atoms with Crippen LogP contribution in [0.25, 0.3) is 0 Å². The molecule has 0 aliphatic rings. The molecule has 3 aromatic heterocycles. The van der Waals surface area contributed by atoms with Gasteiger partial charge in [-0.15, -0.1) is 20.4 Å². The molecule has 0 radical (unpaired) electrons. The van der Waals surface area contributed by atoms with Crippen molar-refractivity contribution in [2.45, 2.75) is 22.9 Å². The standard InChI is InChI=1S/C3BrF3N2S.C3H2F3N3S.C3HF3N2S2.K/c4-2-9-8-1(10-2)3(5,6)7;4-3(5,6)1-8-9-2(7)10-1;4-3(5,6)1-7-8-2(9)10-1;/h;(H2,7,9);(H,8,9);/q;;;+1/p-1. The molecular formula is C9H2BrF9KN7S4. The summed E-state index contributed by atoms with van der Waals surface area (Å²) in [6, 6.07) is 0. The van der Waals surface area contributed by atoms with Crippen LogP contribution in [0, 0.1) is 0 Å². The Hall–Kier alpha value is 0.186. The van der Waals surface area contributed by atoms with E-state index in [0.717, 1.165) is 0 Å². The summed E-state index contributed by atoms with van der Waals surface area (Å²) in [7, 11) is 0. The van der Waals surface area contributed by atoms with E-state index in [1.165, 1.54) is 0 Å². The maximum atomic E-state index is 11.7. The Labute approximate surface area is 234 Å². The third-order valence-electron chi connectivity index (χ3n) is 1.97. The molecule has 0 atom stereocenters. The molecular weight excluding hydrogens is 624 g/mol. The number of hydrogen-bond acceptors (Lipinski definition) is 11. The fourth-order valence-electron chi connectivity index (χ4n) is 0.993. The van der Waals surface area contributed by atoms with Crippen molar-refractivity contribution in [1.29, 1.82) is 0 Å². The van der Waals surface area contributed by atoms with Crippen molar-refractivity contribution in [3.63, 3.8) is 0 Å². The van der Waals surface area contributed by atoms with Crippen LogP contribution in [0.3, 0.4) is 0 Å². The van der Waals surface area contributed by atoms with Gasteiger partial charge in [-0.25, -0.2) is 0 Å². The van der Waals surface area contributed by atoms with E-state index in [1.807, 2.05) is 0 Å². The molecule has 0 spiro atoms. The van der Waals surface area contributed by atoms with E-state index in [0.29, 0.717) is 34.0 Å². The number of hydrogen-bond donors (Lipinski definition) is 1. The van der Waals surface area contributed by atoms with Gasteiger partial charge < -0.3 is 29.7 Å². The first-order valence-electron chi connectivity index (χ1n) is 6.30. The molecule has 0 saturated carbocycles. The largest absolute Gasteiger partial charge is 1.00 e. The minimum Gasteiger partial charge on any atom is -0.406 e. The van der Waals surface area contributed by atoms with Gasteiger partial charge >= 0.3 is 69.9 Å². The summed E-state index contributed by atoms with van der Waals surface area (Å²) in [6.45, 7) is 0. The monoisotopic (exact) mass is 625 g/mol. The average Bonchev–Trinajstić information content (AvgIpc) is 3.27. The van der Waals surface area contributed by atoms with Crippen LogP contribution < -0.4 is 57.1 Å². The van der Waals surface area contributed by atoms with Gasteiger partial charge in [0.2, 0.25) is 15.1 Å². The summed E-state index contributed by atoms with van der Waals surface area (Å²) >= 11 is 8.27. The Morgan fingerprint density at radius 3 is 1.23 bits per heavy atom. The molecule has 0 aromatic carbocycles. The fraction of sp³-hybridized carbons (Fsp3) is 0.333. The number of nitrogens with zero attached hydrogens (tertiary/aromatic N) is 6. The molecule has 3 aromatic rings. The van der Waals surface area contributed by atoms with E-state index in [2.05, 4.69) is 59.2 Å². The molecule has 0 saturated heterocycles. The Kier molecular flexibility index (Phi) is 12.7. The van der Waals surface area contributed by atoms with Gasteiger partial charge in [0.25, 0.3) is 0 Å². The van der Waals surface area contributed by atoms with Crippen LogP contribution in [0.4, 0.5) is 44.6 Å². The van der Waals surface area contributed by atoms with Gasteiger partial charge in [-0.1, -0.05) is 22.7 Å². The van der Waals surface area contributed by atoms with E-state index in [4.69, 9.17) is 5.73 Å². The first kappa shape index (κ1) is 31.2. The SMILES string of the molecule is FC(F)(F)c1nnc(Br)s1.FC(F)(F)c1nnc([S-])s1.Nc1nnc(C(F)(F)F)s1.[K+]. The number of aromatic nitrogens is 6. The van der Waals surface area contributed by atoms with E-state index in [-0.39, 0.29) is 64.8 Å². The summed E-state index contributed by atoms with van der Waals surface area (Å²) in [6.07, 6.45) is -13.2. The van der Waals surface area contributed by atoms with E-state index in [9.17, 15) is 39.5 Å². The van der Waals surface area contributed by atoms with Gasteiger partial charge in [0.15, 0.2) is 3.92 Å². The maximum Gasteiger partial charge on any atom is 1.00 e. The van der Waals surface area contributed by atoms with Crippen molar-refractivity contribution >= 4 is 67.7 Å². The van der Waals surface area contributed by atoms with Gasteiger partial charge in [-0.2, -0.15) is 49.7 Å². The molecule has 168 valence electrons. The second-order valence-electron chi connectivity index (χ2n) is 4.17. The van der Waals surface area contributed by atoms with Gasteiger partial charge in [0, 0.05) is 0 Å². The minimum atomic E-state index is -4.42. The zero-order valence-electron chi connectivity index (χ0n) is 14.2. The molecule has 0 unspecified atom stereocenters.